The summed E-state index contributed by atoms with van der Waals surface area (Å²) in [4.78, 5) is 15.6. The van der Waals surface area contributed by atoms with Crippen LogP contribution in [0.2, 0.25) is 0 Å². The fourth-order valence-corrected chi connectivity index (χ4v) is 2.00. The molecule has 94 valence electrons. The SMILES string of the molecule is CCC(=CCNCc1csc(C)n1)C(=O)OC. The highest BCUT2D eigenvalue weighted by Crippen LogP contribution is 2.07. The quantitative estimate of drug-likeness (QED) is 0.479. The number of carbonyl (C=O) groups is 1. The molecule has 0 aliphatic rings. The summed E-state index contributed by atoms with van der Waals surface area (Å²) in [5.74, 6) is -0.251. The second kappa shape index (κ2) is 7.19. The van der Waals surface area contributed by atoms with Crippen molar-refractivity contribution >= 4 is 17.3 Å². The van der Waals surface area contributed by atoms with Gasteiger partial charge in [-0.1, -0.05) is 13.0 Å². The molecule has 0 aliphatic heterocycles. The predicted molar refractivity (Wildman–Crippen MR) is 68.9 cm³/mol. The average molecular weight is 254 g/mol. The lowest BCUT2D eigenvalue weighted by Crippen LogP contribution is -2.15. The topological polar surface area (TPSA) is 51.2 Å². The summed E-state index contributed by atoms with van der Waals surface area (Å²) in [7, 11) is 1.40. The van der Waals surface area contributed by atoms with Crippen molar-refractivity contribution in [2.24, 2.45) is 0 Å². The van der Waals surface area contributed by atoms with Crippen molar-refractivity contribution in [1.82, 2.24) is 10.3 Å². The maximum atomic E-state index is 11.3. The molecule has 17 heavy (non-hydrogen) atoms. The number of methoxy groups -OCH3 is 1. The van der Waals surface area contributed by atoms with E-state index in [1.165, 1.54) is 7.11 Å². The molecule has 1 heterocycles. The molecule has 0 unspecified atom stereocenters. The van der Waals surface area contributed by atoms with E-state index in [1.54, 1.807) is 11.3 Å². The van der Waals surface area contributed by atoms with E-state index in [-0.39, 0.29) is 5.97 Å². The third-order valence-corrected chi connectivity index (χ3v) is 3.12. The van der Waals surface area contributed by atoms with Gasteiger partial charge in [0.05, 0.1) is 17.8 Å². The third kappa shape index (κ3) is 4.66. The summed E-state index contributed by atoms with van der Waals surface area (Å²) in [6, 6.07) is 0. The Kier molecular flexibility index (Phi) is 5.86. The molecule has 0 saturated heterocycles. The summed E-state index contributed by atoms with van der Waals surface area (Å²) in [5, 5.41) is 6.32. The zero-order valence-electron chi connectivity index (χ0n) is 10.4. The van der Waals surface area contributed by atoms with Gasteiger partial charge in [0.25, 0.3) is 0 Å². The predicted octanol–water partition coefficient (Wildman–Crippen LogP) is 2.05. The monoisotopic (exact) mass is 254 g/mol. The van der Waals surface area contributed by atoms with E-state index in [2.05, 4.69) is 15.0 Å². The molecule has 0 atom stereocenters. The van der Waals surface area contributed by atoms with Gasteiger partial charge in [0.2, 0.25) is 0 Å². The molecule has 5 heteroatoms. The van der Waals surface area contributed by atoms with Crippen LogP contribution in [0.5, 0.6) is 0 Å². The van der Waals surface area contributed by atoms with Gasteiger partial charge in [-0.25, -0.2) is 9.78 Å². The van der Waals surface area contributed by atoms with Crippen molar-refractivity contribution < 1.29 is 9.53 Å². The summed E-state index contributed by atoms with van der Waals surface area (Å²) in [6.07, 6.45) is 2.55. The van der Waals surface area contributed by atoms with Crippen LogP contribution in [0, 0.1) is 6.92 Å². The first-order chi connectivity index (χ1) is 8.17. The molecule has 0 spiro atoms. The van der Waals surface area contributed by atoms with Crippen LogP contribution in [0.3, 0.4) is 0 Å². The van der Waals surface area contributed by atoms with E-state index in [1.807, 2.05) is 25.3 Å². The number of aromatic nitrogens is 1. The highest BCUT2D eigenvalue weighted by molar-refractivity contribution is 7.09. The van der Waals surface area contributed by atoms with Crippen LogP contribution >= 0.6 is 11.3 Å². The maximum Gasteiger partial charge on any atom is 0.333 e. The van der Waals surface area contributed by atoms with E-state index in [0.717, 1.165) is 17.2 Å². The Hall–Kier alpha value is -1.20. The van der Waals surface area contributed by atoms with Crippen LogP contribution in [0.4, 0.5) is 0 Å². The van der Waals surface area contributed by atoms with Crippen LogP contribution in [0.25, 0.3) is 0 Å². The molecule has 0 aliphatic carbocycles. The molecule has 0 radical (unpaired) electrons. The van der Waals surface area contributed by atoms with Gasteiger partial charge in [-0.15, -0.1) is 11.3 Å². The van der Waals surface area contributed by atoms with E-state index in [4.69, 9.17) is 0 Å². The van der Waals surface area contributed by atoms with Crippen molar-refractivity contribution in [3.8, 4) is 0 Å². The Morgan fingerprint density at radius 1 is 1.65 bits per heavy atom. The fraction of sp³-hybridized carbons (Fsp3) is 0.500. The van der Waals surface area contributed by atoms with Gasteiger partial charge in [-0.2, -0.15) is 0 Å². The number of carbonyl (C=O) groups excluding carboxylic acids is 1. The minimum Gasteiger partial charge on any atom is -0.466 e. The second-order valence-corrected chi connectivity index (χ2v) is 4.63. The number of hydrogen-bond acceptors (Lipinski definition) is 5. The molecular formula is C12H18N2O2S. The Morgan fingerprint density at radius 2 is 2.41 bits per heavy atom. The number of esters is 1. The van der Waals surface area contributed by atoms with E-state index in [9.17, 15) is 4.79 Å². The number of nitrogens with one attached hydrogen (secondary N) is 1. The lowest BCUT2D eigenvalue weighted by Gasteiger charge is -2.03. The number of rotatable bonds is 6. The van der Waals surface area contributed by atoms with Crippen LogP contribution < -0.4 is 5.32 Å². The summed E-state index contributed by atoms with van der Waals surface area (Å²) in [6.45, 7) is 5.29. The summed E-state index contributed by atoms with van der Waals surface area (Å²) in [5.41, 5.74) is 1.74. The number of nitrogens with zero attached hydrogens (tertiary/aromatic N) is 1. The first-order valence-corrected chi connectivity index (χ1v) is 6.44. The molecule has 0 fully saturated rings. The van der Waals surface area contributed by atoms with Gasteiger partial charge in [0.15, 0.2) is 0 Å². The average Bonchev–Trinajstić information content (AvgIpc) is 2.74. The van der Waals surface area contributed by atoms with Crippen molar-refractivity contribution in [2.45, 2.75) is 26.8 Å². The Morgan fingerprint density at radius 3 is 2.94 bits per heavy atom. The first kappa shape index (κ1) is 13.9. The molecular weight excluding hydrogens is 236 g/mol. The van der Waals surface area contributed by atoms with Crippen LogP contribution in [0.1, 0.15) is 24.0 Å². The smallest absolute Gasteiger partial charge is 0.333 e. The lowest BCUT2D eigenvalue weighted by molar-refractivity contribution is -0.136. The zero-order valence-corrected chi connectivity index (χ0v) is 11.3. The molecule has 4 nitrogen and oxygen atoms in total. The standard InChI is InChI=1S/C12H18N2O2S/c1-4-10(12(15)16-3)5-6-13-7-11-8-17-9(2)14-11/h5,8,13H,4,6-7H2,1-3H3. The Bertz CT molecular complexity index is 399. The molecule has 0 amide bonds. The molecule has 1 aromatic heterocycles. The molecule has 0 saturated carbocycles. The van der Waals surface area contributed by atoms with Gasteiger partial charge in [-0.3, -0.25) is 0 Å². The molecule has 1 N–H and O–H groups in total. The van der Waals surface area contributed by atoms with Gasteiger partial charge < -0.3 is 10.1 Å². The van der Waals surface area contributed by atoms with Crippen molar-refractivity contribution in [2.75, 3.05) is 13.7 Å². The largest absolute Gasteiger partial charge is 0.466 e. The van der Waals surface area contributed by atoms with Crippen molar-refractivity contribution in [1.29, 1.82) is 0 Å². The van der Waals surface area contributed by atoms with Crippen LogP contribution in [-0.2, 0) is 16.1 Å². The number of ether oxygens (including phenoxy) is 1. The zero-order chi connectivity index (χ0) is 12.7. The highest BCUT2D eigenvalue weighted by Gasteiger charge is 2.05. The second-order valence-electron chi connectivity index (χ2n) is 3.56. The fourth-order valence-electron chi connectivity index (χ4n) is 1.39. The number of thiazole rings is 1. The van der Waals surface area contributed by atoms with E-state index in [0.29, 0.717) is 18.5 Å². The first-order valence-electron chi connectivity index (χ1n) is 5.56. The normalized spacial score (nSPS) is 11.6. The van der Waals surface area contributed by atoms with Crippen LogP contribution in [0.15, 0.2) is 17.0 Å². The minimum absolute atomic E-state index is 0.251. The third-order valence-electron chi connectivity index (χ3n) is 2.29. The summed E-state index contributed by atoms with van der Waals surface area (Å²) < 4.78 is 4.68. The lowest BCUT2D eigenvalue weighted by atomic mass is 10.2. The van der Waals surface area contributed by atoms with Gasteiger partial charge in [-0.05, 0) is 13.3 Å². The van der Waals surface area contributed by atoms with Gasteiger partial charge in [0.1, 0.15) is 0 Å². The number of hydrogen-bond donors (Lipinski definition) is 1. The van der Waals surface area contributed by atoms with E-state index < -0.39 is 0 Å². The molecule has 0 bridgehead atoms. The molecule has 1 rings (SSSR count). The van der Waals surface area contributed by atoms with Crippen LogP contribution in [-0.4, -0.2) is 24.6 Å². The number of aryl methyl sites for hydroxylation is 1. The van der Waals surface area contributed by atoms with Crippen molar-refractivity contribution in [3.05, 3.63) is 27.7 Å². The minimum atomic E-state index is -0.251. The van der Waals surface area contributed by atoms with Crippen molar-refractivity contribution in [3.63, 3.8) is 0 Å². The maximum absolute atomic E-state index is 11.3. The molecule has 0 aromatic carbocycles. The Labute approximate surface area is 106 Å². The molecule has 1 aromatic rings. The highest BCUT2D eigenvalue weighted by atomic mass is 32.1. The van der Waals surface area contributed by atoms with Gasteiger partial charge in [0, 0.05) is 24.0 Å². The Balaban J connectivity index is 2.35. The van der Waals surface area contributed by atoms with E-state index >= 15 is 0 Å². The summed E-state index contributed by atoms with van der Waals surface area (Å²) >= 11 is 1.64. The van der Waals surface area contributed by atoms with Gasteiger partial charge >= 0.3 is 5.97 Å².